The van der Waals surface area contributed by atoms with Crippen molar-refractivity contribution in [2.45, 2.75) is 38.6 Å². The van der Waals surface area contributed by atoms with Gasteiger partial charge in [0.2, 0.25) is 5.91 Å². The first-order valence-electron chi connectivity index (χ1n) is 13.6. The number of aromatic nitrogens is 2. The van der Waals surface area contributed by atoms with Gasteiger partial charge in [-0.3, -0.25) is 14.5 Å². The summed E-state index contributed by atoms with van der Waals surface area (Å²) in [6, 6.07) is 13.3. The number of carbonyl (C=O) groups excluding carboxylic acids is 2. The summed E-state index contributed by atoms with van der Waals surface area (Å²) in [5.74, 6) is 1.15. The zero-order chi connectivity index (χ0) is 26.9. The predicted octanol–water partition coefficient (Wildman–Crippen LogP) is 6.40. The lowest BCUT2D eigenvalue weighted by molar-refractivity contribution is -0.117. The van der Waals surface area contributed by atoms with E-state index in [0.717, 1.165) is 89.2 Å². The van der Waals surface area contributed by atoms with Crippen LogP contribution < -0.4 is 10.6 Å². The zero-order valence-electron chi connectivity index (χ0n) is 21.6. The van der Waals surface area contributed by atoms with Crippen molar-refractivity contribution in [3.63, 3.8) is 0 Å². The third-order valence-electron chi connectivity index (χ3n) is 7.96. The Morgan fingerprint density at radius 2 is 1.77 bits per heavy atom. The summed E-state index contributed by atoms with van der Waals surface area (Å²) in [7, 11) is 0. The van der Waals surface area contributed by atoms with Crippen molar-refractivity contribution in [1.29, 1.82) is 0 Å². The Bertz CT molecular complexity index is 1520. The van der Waals surface area contributed by atoms with E-state index in [1.54, 1.807) is 6.20 Å². The summed E-state index contributed by atoms with van der Waals surface area (Å²) in [5, 5.41) is 9.45. The monoisotopic (exact) mass is 563 g/mol. The number of hydrogen-bond donors (Lipinski definition) is 3. The smallest absolute Gasteiger partial charge is 0.251 e. The highest BCUT2D eigenvalue weighted by atomic mass is 35.5. The van der Waals surface area contributed by atoms with Crippen LogP contribution in [0, 0.1) is 11.8 Å². The Hall–Kier alpha value is -3.13. The first-order valence-corrected chi connectivity index (χ1v) is 14.4. The number of likely N-dealkylation sites (tertiary alicyclic amines) is 1. The molecule has 1 saturated heterocycles. The lowest BCUT2D eigenvalue weighted by atomic mass is 9.93. The van der Waals surface area contributed by atoms with Crippen LogP contribution in [0.4, 0.5) is 5.82 Å². The fourth-order valence-corrected chi connectivity index (χ4v) is 5.98. The van der Waals surface area contributed by atoms with Gasteiger partial charge in [-0.2, -0.15) is 0 Å². The predicted molar refractivity (Wildman–Crippen MR) is 156 cm³/mol. The molecule has 2 amide bonds. The fraction of sp³-hybridized carbons (Fsp3) is 0.367. The molecule has 39 heavy (non-hydrogen) atoms. The van der Waals surface area contributed by atoms with Crippen molar-refractivity contribution in [3.8, 4) is 0 Å². The van der Waals surface area contributed by atoms with Gasteiger partial charge in [-0.15, -0.1) is 0 Å². The topological polar surface area (TPSA) is 90.1 Å². The number of piperidine rings is 1. The average molecular weight is 565 g/mol. The van der Waals surface area contributed by atoms with E-state index < -0.39 is 0 Å². The van der Waals surface area contributed by atoms with Crippen LogP contribution in [0.25, 0.3) is 21.8 Å². The van der Waals surface area contributed by atoms with E-state index in [9.17, 15) is 9.59 Å². The molecule has 0 atom stereocenters. The van der Waals surface area contributed by atoms with Crippen LogP contribution in [-0.2, 0) is 11.3 Å². The van der Waals surface area contributed by atoms with Gasteiger partial charge in [0.05, 0.1) is 5.52 Å². The number of rotatable bonds is 8. The molecule has 4 aromatic rings. The van der Waals surface area contributed by atoms with Crippen molar-refractivity contribution in [3.05, 3.63) is 69.8 Å². The molecule has 3 heterocycles. The lowest BCUT2D eigenvalue weighted by Gasteiger charge is -2.32. The highest BCUT2D eigenvalue weighted by Gasteiger charge is 2.30. The molecule has 1 saturated carbocycles. The molecular formula is C30H31Cl2N5O2. The van der Waals surface area contributed by atoms with Gasteiger partial charge in [0.1, 0.15) is 0 Å². The molecule has 6 rings (SSSR count). The minimum atomic E-state index is -0.0817. The number of amides is 2. The largest absolute Gasteiger partial charge is 0.352 e. The molecule has 2 aromatic heterocycles. The molecule has 1 aliphatic carbocycles. The first-order chi connectivity index (χ1) is 19.0. The number of pyridine rings is 1. The second-order valence-corrected chi connectivity index (χ2v) is 11.5. The van der Waals surface area contributed by atoms with Gasteiger partial charge < -0.3 is 15.6 Å². The molecule has 7 nitrogen and oxygen atoms in total. The van der Waals surface area contributed by atoms with Gasteiger partial charge in [-0.1, -0.05) is 35.3 Å². The van der Waals surface area contributed by atoms with E-state index in [0.29, 0.717) is 23.8 Å². The van der Waals surface area contributed by atoms with E-state index >= 15 is 0 Å². The molecule has 2 aliphatic rings. The van der Waals surface area contributed by atoms with Gasteiger partial charge in [0, 0.05) is 62.7 Å². The van der Waals surface area contributed by atoms with Crippen LogP contribution in [0.1, 0.15) is 48.0 Å². The molecular weight excluding hydrogens is 533 g/mol. The van der Waals surface area contributed by atoms with E-state index in [1.165, 1.54) is 0 Å². The maximum Gasteiger partial charge on any atom is 0.251 e. The quantitative estimate of drug-likeness (QED) is 0.231. The van der Waals surface area contributed by atoms with Crippen LogP contribution in [0.5, 0.6) is 0 Å². The number of fused-ring (bicyclic) bond motifs is 3. The maximum absolute atomic E-state index is 12.9. The van der Waals surface area contributed by atoms with Crippen molar-refractivity contribution in [2.24, 2.45) is 11.8 Å². The van der Waals surface area contributed by atoms with Gasteiger partial charge >= 0.3 is 0 Å². The third kappa shape index (κ3) is 5.76. The zero-order valence-corrected chi connectivity index (χ0v) is 23.1. The number of nitrogens with zero attached hydrogens (tertiary/aromatic N) is 2. The van der Waals surface area contributed by atoms with E-state index in [4.69, 9.17) is 23.2 Å². The minimum absolute atomic E-state index is 0.0179. The van der Waals surface area contributed by atoms with Crippen LogP contribution in [0.3, 0.4) is 0 Å². The Labute approximate surface area is 237 Å². The third-order valence-corrected chi connectivity index (χ3v) is 8.67. The number of aromatic amines is 1. The second-order valence-electron chi connectivity index (χ2n) is 10.7. The molecule has 9 heteroatoms. The van der Waals surface area contributed by atoms with Gasteiger partial charge in [-0.25, -0.2) is 4.98 Å². The summed E-state index contributed by atoms with van der Waals surface area (Å²) in [6.45, 7) is 3.40. The van der Waals surface area contributed by atoms with E-state index in [1.807, 2.05) is 42.5 Å². The molecule has 3 N–H and O–H groups in total. The summed E-state index contributed by atoms with van der Waals surface area (Å²) >= 11 is 12.7. The molecule has 0 radical (unpaired) electrons. The molecule has 0 spiro atoms. The number of benzene rings is 2. The molecule has 1 aliphatic heterocycles. The maximum atomic E-state index is 12.9. The summed E-state index contributed by atoms with van der Waals surface area (Å²) in [6.07, 6.45) is 6.71. The Balaban J connectivity index is 1.03. The highest BCUT2D eigenvalue weighted by molar-refractivity contribution is 6.36. The Morgan fingerprint density at radius 3 is 2.51 bits per heavy atom. The van der Waals surface area contributed by atoms with Crippen LogP contribution in [0.2, 0.25) is 10.0 Å². The molecule has 0 unspecified atom stereocenters. The first kappa shape index (κ1) is 26.1. The molecule has 2 fully saturated rings. The number of anilines is 1. The summed E-state index contributed by atoms with van der Waals surface area (Å²) in [4.78, 5) is 35.3. The molecule has 2 aromatic carbocycles. The van der Waals surface area contributed by atoms with Gasteiger partial charge in [0.25, 0.3) is 5.91 Å². The molecule has 202 valence electrons. The minimum Gasteiger partial charge on any atom is -0.352 e. The normalized spacial score (nSPS) is 16.6. The summed E-state index contributed by atoms with van der Waals surface area (Å²) < 4.78 is 0. The second kappa shape index (κ2) is 11.2. The number of carbonyl (C=O) groups is 2. The van der Waals surface area contributed by atoms with Crippen LogP contribution in [0.15, 0.2) is 48.7 Å². The Kier molecular flexibility index (Phi) is 7.47. The van der Waals surface area contributed by atoms with E-state index in [2.05, 4.69) is 25.5 Å². The van der Waals surface area contributed by atoms with Crippen molar-refractivity contribution in [1.82, 2.24) is 20.2 Å². The van der Waals surface area contributed by atoms with Crippen molar-refractivity contribution >= 4 is 62.6 Å². The Morgan fingerprint density at radius 1 is 1.00 bits per heavy atom. The highest BCUT2D eigenvalue weighted by Crippen LogP contribution is 2.33. The SMILES string of the molecule is O=C(NCCC1CCN(Cc2c(Cl)cccc2Cl)CC1)c1ccc2c(c1)[nH]c1c(NC(=O)C3CC3)nccc12. The average Bonchev–Trinajstić information content (AvgIpc) is 3.72. The lowest BCUT2D eigenvalue weighted by Crippen LogP contribution is -2.35. The van der Waals surface area contributed by atoms with Crippen molar-refractivity contribution < 1.29 is 9.59 Å². The molecule has 0 bridgehead atoms. The number of nitrogens with one attached hydrogen (secondary N) is 3. The number of halogens is 2. The summed E-state index contributed by atoms with van der Waals surface area (Å²) in [5.41, 5.74) is 3.23. The van der Waals surface area contributed by atoms with E-state index in [-0.39, 0.29) is 17.7 Å². The standard InChI is InChI=1S/C30H31Cl2N5O2/c31-24-2-1-3-25(32)23(24)17-37-14-10-18(11-15-37)8-12-34-29(38)20-6-7-21-22-9-13-33-28(27(22)35-26(21)16-20)36-30(39)19-4-5-19/h1-3,6-7,9,13,16,18-19,35H,4-5,8,10-12,14-15,17H2,(H,34,38)(H,33,36,39). The van der Waals surface area contributed by atoms with Crippen molar-refractivity contribution in [2.75, 3.05) is 25.0 Å². The number of hydrogen-bond acceptors (Lipinski definition) is 4. The van der Waals surface area contributed by atoms with Gasteiger partial charge in [0.15, 0.2) is 5.82 Å². The van der Waals surface area contributed by atoms with Crippen LogP contribution in [-0.4, -0.2) is 46.3 Å². The van der Waals surface area contributed by atoms with Gasteiger partial charge in [-0.05, 0) is 81.4 Å². The number of H-pyrrole nitrogens is 1. The fourth-order valence-electron chi connectivity index (χ4n) is 5.46. The van der Waals surface area contributed by atoms with Crippen LogP contribution >= 0.6 is 23.2 Å².